The largest absolute Gasteiger partial charge is 0.387 e. The molecule has 4 heteroatoms. The standard InChI is InChI=1S/C14H20N2OS/c1-14(2,3)13-16-12-9(10(17)8-15-4)6-5-7-11(12)18-13/h5-7,10,15,17H,8H2,1-4H3. The molecule has 0 aliphatic rings. The molecule has 1 atom stereocenters. The van der Waals surface area contributed by atoms with Gasteiger partial charge in [0, 0.05) is 17.5 Å². The van der Waals surface area contributed by atoms with Crippen LogP contribution in [0.4, 0.5) is 0 Å². The lowest BCUT2D eigenvalue weighted by Crippen LogP contribution is -2.17. The lowest BCUT2D eigenvalue weighted by atomic mass is 9.98. The Hall–Kier alpha value is -0.970. The predicted octanol–water partition coefficient (Wildman–Crippen LogP) is 2.85. The van der Waals surface area contributed by atoms with Crippen molar-refractivity contribution in [2.45, 2.75) is 32.3 Å². The molecule has 0 spiro atoms. The number of likely N-dealkylation sites (N-methyl/N-ethyl adjacent to an activating group) is 1. The monoisotopic (exact) mass is 264 g/mol. The van der Waals surface area contributed by atoms with Crippen molar-refractivity contribution in [3.8, 4) is 0 Å². The Morgan fingerprint density at radius 2 is 2.11 bits per heavy atom. The van der Waals surface area contributed by atoms with Crippen LogP contribution in [0.5, 0.6) is 0 Å². The summed E-state index contributed by atoms with van der Waals surface area (Å²) in [5, 5.41) is 14.2. The zero-order valence-corrected chi connectivity index (χ0v) is 12.1. The molecule has 0 fully saturated rings. The second-order valence-corrected chi connectivity index (χ2v) is 6.57. The Balaban J connectivity index is 2.52. The molecule has 1 aromatic carbocycles. The zero-order valence-electron chi connectivity index (χ0n) is 11.3. The molecule has 2 rings (SSSR count). The summed E-state index contributed by atoms with van der Waals surface area (Å²) in [4.78, 5) is 4.72. The first-order valence-corrected chi connectivity index (χ1v) is 6.97. The molecule has 0 aliphatic carbocycles. The van der Waals surface area contributed by atoms with Crippen molar-refractivity contribution in [1.82, 2.24) is 10.3 Å². The fourth-order valence-electron chi connectivity index (χ4n) is 1.86. The first-order chi connectivity index (χ1) is 8.43. The number of nitrogens with zero attached hydrogens (tertiary/aromatic N) is 1. The highest BCUT2D eigenvalue weighted by Crippen LogP contribution is 2.34. The molecule has 0 aliphatic heterocycles. The number of hydrogen-bond donors (Lipinski definition) is 2. The SMILES string of the molecule is CNCC(O)c1cccc2sc(C(C)(C)C)nc12. The molecule has 2 N–H and O–H groups in total. The zero-order chi connectivity index (χ0) is 13.3. The Morgan fingerprint density at radius 3 is 2.72 bits per heavy atom. The number of benzene rings is 1. The van der Waals surface area contributed by atoms with Gasteiger partial charge in [-0.25, -0.2) is 4.98 Å². The van der Waals surface area contributed by atoms with E-state index in [0.717, 1.165) is 20.8 Å². The number of fused-ring (bicyclic) bond motifs is 1. The van der Waals surface area contributed by atoms with E-state index in [1.54, 1.807) is 11.3 Å². The van der Waals surface area contributed by atoms with E-state index >= 15 is 0 Å². The summed E-state index contributed by atoms with van der Waals surface area (Å²) < 4.78 is 1.15. The van der Waals surface area contributed by atoms with Gasteiger partial charge in [-0.1, -0.05) is 32.9 Å². The molecule has 0 bridgehead atoms. The van der Waals surface area contributed by atoms with Crippen LogP contribution in [-0.4, -0.2) is 23.7 Å². The smallest absolute Gasteiger partial charge is 0.0992 e. The van der Waals surface area contributed by atoms with Gasteiger partial charge in [-0.3, -0.25) is 0 Å². The van der Waals surface area contributed by atoms with Gasteiger partial charge in [0.15, 0.2) is 0 Å². The molecule has 1 heterocycles. The number of aromatic nitrogens is 1. The molecule has 18 heavy (non-hydrogen) atoms. The van der Waals surface area contributed by atoms with Gasteiger partial charge in [0.2, 0.25) is 0 Å². The minimum atomic E-state index is -0.506. The maximum Gasteiger partial charge on any atom is 0.0992 e. The van der Waals surface area contributed by atoms with E-state index in [4.69, 9.17) is 4.98 Å². The summed E-state index contributed by atoms with van der Waals surface area (Å²) in [7, 11) is 1.84. The highest BCUT2D eigenvalue weighted by atomic mass is 32.1. The first kappa shape index (κ1) is 13.5. The maximum absolute atomic E-state index is 10.1. The van der Waals surface area contributed by atoms with Crippen molar-refractivity contribution in [2.75, 3.05) is 13.6 Å². The van der Waals surface area contributed by atoms with Crippen molar-refractivity contribution >= 4 is 21.6 Å². The predicted molar refractivity (Wildman–Crippen MR) is 77.2 cm³/mol. The topological polar surface area (TPSA) is 45.1 Å². The van der Waals surface area contributed by atoms with Gasteiger partial charge in [0.25, 0.3) is 0 Å². The second kappa shape index (κ2) is 4.96. The number of hydrogen-bond acceptors (Lipinski definition) is 4. The number of aliphatic hydroxyl groups is 1. The third-order valence-corrected chi connectivity index (χ3v) is 4.29. The van der Waals surface area contributed by atoms with Crippen LogP contribution in [0, 0.1) is 0 Å². The maximum atomic E-state index is 10.1. The van der Waals surface area contributed by atoms with E-state index in [1.807, 2.05) is 19.2 Å². The Bertz CT molecular complexity index is 542. The first-order valence-electron chi connectivity index (χ1n) is 6.16. The minimum Gasteiger partial charge on any atom is -0.387 e. The lowest BCUT2D eigenvalue weighted by Gasteiger charge is -2.13. The average molecular weight is 264 g/mol. The normalized spacial score (nSPS) is 14.1. The Labute approximate surface area is 112 Å². The van der Waals surface area contributed by atoms with E-state index in [9.17, 15) is 5.11 Å². The molecule has 0 saturated carbocycles. The van der Waals surface area contributed by atoms with Crippen molar-refractivity contribution in [1.29, 1.82) is 0 Å². The van der Waals surface area contributed by atoms with Crippen LogP contribution in [0.3, 0.4) is 0 Å². The molecule has 0 amide bonds. The molecule has 2 aromatic rings. The summed E-state index contributed by atoms with van der Waals surface area (Å²) in [5.74, 6) is 0. The summed E-state index contributed by atoms with van der Waals surface area (Å²) in [6, 6.07) is 6.01. The highest BCUT2D eigenvalue weighted by Gasteiger charge is 2.21. The molecular weight excluding hydrogens is 244 g/mol. The molecule has 0 saturated heterocycles. The van der Waals surface area contributed by atoms with Crippen LogP contribution >= 0.6 is 11.3 Å². The van der Waals surface area contributed by atoms with Crippen LogP contribution in [0.2, 0.25) is 0 Å². The van der Waals surface area contributed by atoms with Gasteiger partial charge < -0.3 is 10.4 Å². The summed E-state index contributed by atoms with van der Waals surface area (Å²) >= 11 is 1.71. The molecule has 1 aromatic heterocycles. The van der Waals surface area contributed by atoms with E-state index < -0.39 is 6.10 Å². The number of rotatable bonds is 3. The summed E-state index contributed by atoms with van der Waals surface area (Å²) in [6.45, 7) is 7.03. The van der Waals surface area contributed by atoms with Gasteiger partial charge in [0.1, 0.15) is 0 Å². The van der Waals surface area contributed by atoms with Crippen LogP contribution < -0.4 is 5.32 Å². The van der Waals surface area contributed by atoms with E-state index in [0.29, 0.717) is 6.54 Å². The minimum absolute atomic E-state index is 0.0505. The number of aliphatic hydroxyl groups excluding tert-OH is 1. The van der Waals surface area contributed by atoms with E-state index in [1.165, 1.54) is 0 Å². The fraction of sp³-hybridized carbons (Fsp3) is 0.500. The summed E-state index contributed by atoms with van der Waals surface area (Å²) in [5.41, 5.74) is 1.90. The van der Waals surface area contributed by atoms with Gasteiger partial charge in [-0.05, 0) is 13.1 Å². The average Bonchev–Trinajstić information content (AvgIpc) is 2.72. The van der Waals surface area contributed by atoms with Gasteiger partial charge in [-0.2, -0.15) is 0 Å². The van der Waals surface area contributed by atoms with Crippen molar-refractivity contribution in [2.24, 2.45) is 0 Å². The third kappa shape index (κ3) is 2.55. The van der Waals surface area contributed by atoms with Crippen molar-refractivity contribution in [3.63, 3.8) is 0 Å². The van der Waals surface area contributed by atoms with Crippen LogP contribution in [-0.2, 0) is 5.41 Å². The molecule has 3 nitrogen and oxygen atoms in total. The van der Waals surface area contributed by atoms with Crippen LogP contribution in [0.1, 0.15) is 37.4 Å². The second-order valence-electron chi connectivity index (χ2n) is 5.54. The lowest BCUT2D eigenvalue weighted by molar-refractivity contribution is 0.179. The van der Waals surface area contributed by atoms with Gasteiger partial charge in [0.05, 0.1) is 21.3 Å². The quantitative estimate of drug-likeness (QED) is 0.896. The van der Waals surface area contributed by atoms with Gasteiger partial charge >= 0.3 is 0 Å². The number of nitrogens with one attached hydrogen (secondary N) is 1. The molecule has 98 valence electrons. The Kier molecular flexibility index (Phi) is 3.71. The van der Waals surface area contributed by atoms with Crippen molar-refractivity contribution < 1.29 is 5.11 Å². The van der Waals surface area contributed by atoms with Crippen LogP contribution in [0.15, 0.2) is 18.2 Å². The van der Waals surface area contributed by atoms with Crippen molar-refractivity contribution in [3.05, 3.63) is 28.8 Å². The van der Waals surface area contributed by atoms with E-state index in [2.05, 4.69) is 32.2 Å². The highest BCUT2D eigenvalue weighted by molar-refractivity contribution is 7.18. The number of thiazole rings is 1. The summed E-state index contributed by atoms with van der Waals surface area (Å²) in [6.07, 6.45) is -0.506. The third-order valence-electron chi connectivity index (χ3n) is 2.85. The molecule has 1 unspecified atom stereocenters. The van der Waals surface area contributed by atoms with E-state index in [-0.39, 0.29) is 5.41 Å². The molecule has 0 radical (unpaired) electrons. The number of para-hydroxylation sites is 1. The van der Waals surface area contributed by atoms with Gasteiger partial charge in [-0.15, -0.1) is 11.3 Å². The Morgan fingerprint density at radius 1 is 1.39 bits per heavy atom. The van der Waals surface area contributed by atoms with Crippen LogP contribution in [0.25, 0.3) is 10.2 Å². The molecular formula is C14H20N2OS. The fourth-order valence-corrected chi connectivity index (χ4v) is 2.92.